The highest BCUT2D eigenvalue weighted by atomic mass is 35.5. The van der Waals surface area contributed by atoms with Gasteiger partial charge in [-0.2, -0.15) is 4.98 Å². The van der Waals surface area contributed by atoms with Crippen molar-refractivity contribution < 1.29 is 13.9 Å². The maximum atomic E-state index is 15.4. The molecule has 5 rings (SSSR count). The summed E-state index contributed by atoms with van der Waals surface area (Å²) in [6.45, 7) is 10.6. The number of nitrogens with zero attached hydrogens (tertiary/aromatic N) is 5. The molecule has 1 amide bonds. The Kier molecular flexibility index (Phi) is 8.84. The second-order valence-corrected chi connectivity index (χ2v) is 11.5. The summed E-state index contributed by atoms with van der Waals surface area (Å²) in [7, 11) is 3.67. The van der Waals surface area contributed by atoms with E-state index in [0.717, 1.165) is 41.9 Å². The van der Waals surface area contributed by atoms with Crippen LogP contribution in [0, 0.1) is 26.6 Å². The van der Waals surface area contributed by atoms with Gasteiger partial charge in [0.25, 0.3) is 0 Å². The van der Waals surface area contributed by atoms with E-state index in [-0.39, 0.29) is 17.6 Å². The van der Waals surface area contributed by atoms with Crippen LogP contribution >= 0.6 is 11.6 Å². The maximum Gasteiger partial charge on any atom is 0.420 e. The Hall–Kier alpha value is -4.21. The molecule has 0 spiro atoms. The zero-order chi connectivity index (χ0) is 30.8. The third-order valence-corrected chi connectivity index (χ3v) is 8.44. The molecule has 224 valence electrons. The van der Waals surface area contributed by atoms with Crippen LogP contribution in [0.25, 0.3) is 11.3 Å². The Morgan fingerprint density at radius 3 is 2.56 bits per heavy atom. The molecule has 0 radical (unpaired) electrons. The Balaban J connectivity index is 1.46. The van der Waals surface area contributed by atoms with Crippen LogP contribution in [-0.2, 0) is 0 Å². The van der Waals surface area contributed by atoms with Gasteiger partial charge in [-0.05, 0) is 87.8 Å². The number of benzene rings is 3. The van der Waals surface area contributed by atoms with Gasteiger partial charge in [0.05, 0.1) is 11.4 Å². The van der Waals surface area contributed by atoms with Gasteiger partial charge >= 0.3 is 6.09 Å². The molecular formula is C33H36ClFN6O2. The number of hydrogen-bond acceptors (Lipinski definition) is 7. The van der Waals surface area contributed by atoms with Gasteiger partial charge in [-0.3, -0.25) is 4.90 Å². The van der Waals surface area contributed by atoms with Crippen LogP contribution < -0.4 is 19.9 Å². The molecule has 1 aliphatic heterocycles. The van der Waals surface area contributed by atoms with Gasteiger partial charge in [-0.25, -0.2) is 14.2 Å². The number of aryl methyl sites for hydroxylation is 1. The summed E-state index contributed by atoms with van der Waals surface area (Å²) in [4.78, 5) is 28.0. The number of anilines is 4. The predicted molar refractivity (Wildman–Crippen MR) is 172 cm³/mol. The lowest BCUT2D eigenvalue weighted by Gasteiger charge is -2.39. The molecule has 1 N–H and O–H groups in total. The lowest BCUT2D eigenvalue weighted by molar-refractivity contribution is 0.207. The fourth-order valence-corrected chi connectivity index (χ4v) is 5.27. The van der Waals surface area contributed by atoms with E-state index >= 15 is 4.39 Å². The van der Waals surface area contributed by atoms with Crippen LogP contribution in [0.15, 0.2) is 60.7 Å². The number of ether oxygens (including phenoxy) is 1. The SMILES string of the molecule is Cc1ccc(-c2cc(OC(=O)N(C)c3cccc(Cl)c3)nc(Nc3ccc(N4CCN(C)C(C)C4)c(F)c3)n2)c(C)c1C. The predicted octanol–water partition coefficient (Wildman–Crippen LogP) is 7.38. The Morgan fingerprint density at radius 2 is 1.84 bits per heavy atom. The van der Waals surface area contributed by atoms with E-state index in [4.69, 9.17) is 21.3 Å². The van der Waals surface area contributed by atoms with Gasteiger partial charge < -0.3 is 19.9 Å². The lowest BCUT2D eigenvalue weighted by atomic mass is 9.97. The molecule has 1 atom stereocenters. The first-order chi connectivity index (χ1) is 20.5. The van der Waals surface area contributed by atoms with Gasteiger partial charge in [0.1, 0.15) is 5.82 Å². The second kappa shape index (κ2) is 12.6. The van der Waals surface area contributed by atoms with Crippen molar-refractivity contribution in [3.05, 3.63) is 88.2 Å². The van der Waals surface area contributed by atoms with Crippen molar-refractivity contribution >= 4 is 40.7 Å². The molecule has 0 bridgehead atoms. The highest BCUT2D eigenvalue weighted by molar-refractivity contribution is 6.30. The number of likely N-dealkylation sites (N-methyl/N-ethyl adjacent to an activating group) is 1. The van der Waals surface area contributed by atoms with Crippen LogP contribution in [0.1, 0.15) is 23.6 Å². The minimum Gasteiger partial charge on any atom is -0.391 e. The fourth-order valence-electron chi connectivity index (χ4n) is 5.09. The van der Waals surface area contributed by atoms with Crippen LogP contribution in [0.5, 0.6) is 5.88 Å². The molecule has 0 aliphatic carbocycles. The van der Waals surface area contributed by atoms with Crippen molar-refractivity contribution in [2.24, 2.45) is 0 Å². The highest BCUT2D eigenvalue weighted by Gasteiger charge is 2.23. The molecule has 1 saturated heterocycles. The summed E-state index contributed by atoms with van der Waals surface area (Å²) in [6.07, 6.45) is -0.647. The van der Waals surface area contributed by atoms with E-state index in [1.54, 1.807) is 49.5 Å². The average molecular weight is 603 g/mol. The van der Waals surface area contributed by atoms with E-state index in [2.05, 4.69) is 47.9 Å². The number of amides is 1. The van der Waals surface area contributed by atoms with Crippen molar-refractivity contribution in [2.45, 2.75) is 33.7 Å². The monoisotopic (exact) mass is 602 g/mol. The number of carbonyl (C=O) groups is 1. The van der Waals surface area contributed by atoms with Crippen molar-refractivity contribution in [1.82, 2.24) is 14.9 Å². The highest BCUT2D eigenvalue weighted by Crippen LogP contribution is 2.31. The number of carbonyl (C=O) groups excluding carboxylic acids is 1. The molecule has 1 unspecified atom stereocenters. The molecule has 1 fully saturated rings. The number of halogens is 2. The number of hydrogen-bond donors (Lipinski definition) is 1. The fraction of sp³-hybridized carbons (Fsp3) is 0.303. The molecule has 4 aromatic rings. The quantitative estimate of drug-likeness (QED) is 0.247. The molecule has 3 aromatic carbocycles. The number of rotatable bonds is 6. The van der Waals surface area contributed by atoms with Gasteiger partial charge in [0.15, 0.2) is 0 Å². The van der Waals surface area contributed by atoms with Crippen molar-refractivity contribution in [2.75, 3.05) is 48.8 Å². The van der Waals surface area contributed by atoms with Crippen LogP contribution in [0.3, 0.4) is 0 Å². The van der Waals surface area contributed by atoms with E-state index in [1.165, 1.54) is 11.0 Å². The molecule has 43 heavy (non-hydrogen) atoms. The van der Waals surface area contributed by atoms with E-state index < -0.39 is 6.09 Å². The van der Waals surface area contributed by atoms with Gasteiger partial charge in [-0.15, -0.1) is 0 Å². The zero-order valence-electron chi connectivity index (χ0n) is 25.3. The van der Waals surface area contributed by atoms with Crippen molar-refractivity contribution in [1.29, 1.82) is 0 Å². The van der Waals surface area contributed by atoms with Crippen LogP contribution in [0.4, 0.5) is 32.2 Å². The summed E-state index contributed by atoms with van der Waals surface area (Å²) >= 11 is 6.12. The van der Waals surface area contributed by atoms with Crippen LogP contribution in [-0.4, -0.2) is 60.7 Å². The minimum absolute atomic E-state index is 0.0486. The first-order valence-corrected chi connectivity index (χ1v) is 14.6. The largest absolute Gasteiger partial charge is 0.420 e. The van der Waals surface area contributed by atoms with E-state index in [1.807, 2.05) is 19.1 Å². The third-order valence-electron chi connectivity index (χ3n) is 8.20. The number of aromatic nitrogens is 2. The normalized spacial score (nSPS) is 15.3. The topological polar surface area (TPSA) is 73.8 Å². The van der Waals surface area contributed by atoms with Crippen molar-refractivity contribution in [3.63, 3.8) is 0 Å². The average Bonchev–Trinajstić information content (AvgIpc) is 2.97. The standard InChI is InChI=1S/C33H36ClFN6O2/c1-20-10-12-27(23(4)22(20)3)29-18-31(43-33(42)40(6)26-9-7-8-24(34)16-26)38-32(37-29)36-25-11-13-30(28(35)17-25)41-15-14-39(5)21(2)19-41/h7-13,16-18,21H,14-15,19H2,1-6H3,(H,36,37,38). The first-order valence-electron chi connectivity index (χ1n) is 14.2. The zero-order valence-corrected chi connectivity index (χ0v) is 26.0. The Bertz CT molecular complexity index is 1660. The molecule has 1 aromatic heterocycles. The van der Waals surface area contributed by atoms with Crippen LogP contribution in [0.2, 0.25) is 5.02 Å². The van der Waals surface area contributed by atoms with E-state index in [0.29, 0.717) is 33.8 Å². The summed E-state index contributed by atoms with van der Waals surface area (Å²) in [6, 6.07) is 17.9. The molecule has 10 heteroatoms. The maximum absolute atomic E-state index is 15.4. The summed E-state index contributed by atoms with van der Waals surface area (Å²) in [5.41, 5.74) is 6.40. The summed E-state index contributed by atoms with van der Waals surface area (Å²) in [5, 5.41) is 3.62. The number of piperazine rings is 1. The minimum atomic E-state index is -0.647. The summed E-state index contributed by atoms with van der Waals surface area (Å²) < 4.78 is 21.1. The smallest absolute Gasteiger partial charge is 0.391 e. The second-order valence-electron chi connectivity index (χ2n) is 11.1. The van der Waals surface area contributed by atoms with Gasteiger partial charge in [0, 0.05) is 60.8 Å². The third kappa shape index (κ3) is 6.73. The molecular weight excluding hydrogens is 567 g/mol. The molecule has 8 nitrogen and oxygen atoms in total. The Morgan fingerprint density at radius 1 is 1.05 bits per heavy atom. The van der Waals surface area contributed by atoms with Crippen molar-refractivity contribution in [3.8, 4) is 17.1 Å². The van der Waals surface area contributed by atoms with E-state index in [9.17, 15) is 4.79 Å². The lowest BCUT2D eigenvalue weighted by Crippen LogP contribution is -2.50. The molecule has 1 aliphatic rings. The number of nitrogens with one attached hydrogen (secondary N) is 1. The Labute approximate surface area is 257 Å². The molecule has 2 heterocycles. The van der Waals surface area contributed by atoms with Gasteiger partial charge in [0.2, 0.25) is 11.8 Å². The first kappa shape index (κ1) is 30.3. The summed E-state index contributed by atoms with van der Waals surface area (Å²) in [5.74, 6) is -0.117. The van der Waals surface area contributed by atoms with Gasteiger partial charge in [-0.1, -0.05) is 29.8 Å². The molecule has 0 saturated carbocycles.